The summed E-state index contributed by atoms with van der Waals surface area (Å²) < 4.78 is 5.81. The number of allylic oxidation sites excluding steroid dienone is 1. The quantitative estimate of drug-likeness (QED) is 0.778. The van der Waals surface area contributed by atoms with Gasteiger partial charge < -0.3 is 9.84 Å². The van der Waals surface area contributed by atoms with E-state index >= 15 is 0 Å². The molecule has 1 aliphatic carbocycles. The van der Waals surface area contributed by atoms with E-state index < -0.39 is 0 Å². The van der Waals surface area contributed by atoms with Crippen molar-refractivity contribution in [3.63, 3.8) is 0 Å². The standard InChI is InChI=1S/C14H18O2/c1-14(2,3)16-13-7-5-10-8-12(15)6-4-11(10)9-13/h5,7-9,15H,4,6H2,1-3H3. The number of hydrogen-bond donors (Lipinski definition) is 1. The molecule has 2 rings (SSSR count). The predicted octanol–water partition coefficient (Wildman–Crippen LogP) is 3.71. The summed E-state index contributed by atoms with van der Waals surface area (Å²) in [5.74, 6) is 1.37. The zero-order valence-corrected chi connectivity index (χ0v) is 10.1. The number of ether oxygens (including phenoxy) is 1. The minimum atomic E-state index is -0.166. The molecule has 1 aromatic rings. The Labute approximate surface area is 96.6 Å². The summed E-state index contributed by atoms with van der Waals surface area (Å²) >= 11 is 0. The minimum Gasteiger partial charge on any atom is -0.512 e. The van der Waals surface area contributed by atoms with E-state index in [1.54, 1.807) is 0 Å². The molecule has 2 nitrogen and oxygen atoms in total. The van der Waals surface area contributed by atoms with Gasteiger partial charge in [0.25, 0.3) is 0 Å². The van der Waals surface area contributed by atoms with Gasteiger partial charge in [0, 0.05) is 6.42 Å². The van der Waals surface area contributed by atoms with Gasteiger partial charge in [0.1, 0.15) is 11.4 Å². The van der Waals surface area contributed by atoms with E-state index in [-0.39, 0.29) is 5.60 Å². The van der Waals surface area contributed by atoms with Crippen LogP contribution in [0, 0.1) is 0 Å². The zero-order chi connectivity index (χ0) is 11.8. The van der Waals surface area contributed by atoms with E-state index in [1.165, 1.54) is 5.56 Å². The van der Waals surface area contributed by atoms with Crippen molar-refractivity contribution in [1.29, 1.82) is 0 Å². The largest absolute Gasteiger partial charge is 0.512 e. The van der Waals surface area contributed by atoms with Crippen LogP contribution in [0.25, 0.3) is 6.08 Å². The first kappa shape index (κ1) is 11.1. The number of benzene rings is 1. The Hall–Kier alpha value is -1.44. The maximum atomic E-state index is 9.44. The van der Waals surface area contributed by atoms with Crippen LogP contribution in [-0.2, 0) is 6.42 Å². The summed E-state index contributed by atoms with van der Waals surface area (Å²) in [4.78, 5) is 0. The smallest absolute Gasteiger partial charge is 0.120 e. The molecule has 0 unspecified atom stereocenters. The number of hydrogen-bond acceptors (Lipinski definition) is 2. The zero-order valence-electron chi connectivity index (χ0n) is 10.1. The van der Waals surface area contributed by atoms with Crippen molar-refractivity contribution in [2.45, 2.75) is 39.2 Å². The molecule has 1 N–H and O–H groups in total. The van der Waals surface area contributed by atoms with Gasteiger partial charge in [-0.1, -0.05) is 6.07 Å². The molecule has 16 heavy (non-hydrogen) atoms. The molecule has 0 aromatic heterocycles. The van der Waals surface area contributed by atoms with E-state index in [4.69, 9.17) is 4.74 Å². The summed E-state index contributed by atoms with van der Waals surface area (Å²) in [6.45, 7) is 6.12. The summed E-state index contributed by atoms with van der Waals surface area (Å²) in [6, 6.07) is 6.04. The third-order valence-corrected chi connectivity index (χ3v) is 2.51. The van der Waals surface area contributed by atoms with Gasteiger partial charge >= 0.3 is 0 Å². The monoisotopic (exact) mass is 218 g/mol. The summed E-state index contributed by atoms with van der Waals surface area (Å²) in [5, 5.41) is 9.44. The van der Waals surface area contributed by atoms with Crippen molar-refractivity contribution in [3.8, 4) is 5.75 Å². The second-order valence-corrected chi connectivity index (χ2v) is 5.21. The van der Waals surface area contributed by atoms with Crippen LogP contribution >= 0.6 is 0 Å². The van der Waals surface area contributed by atoms with E-state index in [0.29, 0.717) is 5.76 Å². The molecular formula is C14H18O2. The van der Waals surface area contributed by atoms with E-state index in [2.05, 4.69) is 6.07 Å². The van der Waals surface area contributed by atoms with Crippen LogP contribution < -0.4 is 4.74 Å². The third-order valence-electron chi connectivity index (χ3n) is 2.51. The Bertz CT molecular complexity index is 425. The first-order valence-electron chi connectivity index (χ1n) is 5.65. The summed E-state index contributed by atoms with van der Waals surface area (Å²) in [6.07, 6.45) is 3.45. The molecule has 0 saturated heterocycles. The Morgan fingerprint density at radius 1 is 1.19 bits per heavy atom. The van der Waals surface area contributed by atoms with Crippen molar-refractivity contribution in [1.82, 2.24) is 0 Å². The van der Waals surface area contributed by atoms with E-state index in [0.717, 1.165) is 24.2 Å². The van der Waals surface area contributed by atoms with Crippen LogP contribution in [-0.4, -0.2) is 10.7 Å². The lowest BCUT2D eigenvalue weighted by Gasteiger charge is -2.22. The molecule has 1 aliphatic rings. The molecule has 0 amide bonds. The molecular weight excluding hydrogens is 200 g/mol. The summed E-state index contributed by atoms with van der Waals surface area (Å²) in [5.41, 5.74) is 2.19. The van der Waals surface area contributed by atoms with Crippen LogP contribution in [0.5, 0.6) is 5.75 Å². The Morgan fingerprint density at radius 2 is 1.94 bits per heavy atom. The molecule has 0 heterocycles. The van der Waals surface area contributed by atoms with Crippen molar-refractivity contribution >= 4 is 6.08 Å². The Morgan fingerprint density at radius 3 is 2.62 bits per heavy atom. The van der Waals surface area contributed by atoms with Crippen molar-refractivity contribution in [2.24, 2.45) is 0 Å². The van der Waals surface area contributed by atoms with Crippen LogP contribution in [0.1, 0.15) is 38.3 Å². The van der Waals surface area contributed by atoms with Gasteiger partial charge in [0.2, 0.25) is 0 Å². The third kappa shape index (κ3) is 2.57. The molecule has 0 bridgehead atoms. The van der Waals surface area contributed by atoms with Crippen LogP contribution in [0.2, 0.25) is 0 Å². The fraction of sp³-hybridized carbons (Fsp3) is 0.429. The molecule has 0 aliphatic heterocycles. The summed E-state index contributed by atoms with van der Waals surface area (Å²) in [7, 11) is 0. The second-order valence-electron chi connectivity index (χ2n) is 5.21. The number of aryl methyl sites for hydroxylation is 1. The molecule has 0 radical (unpaired) electrons. The molecule has 1 aromatic carbocycles. The highest BCUT2D eigenvalue weighted by Gasteiger charge is 2.14. The normalized spacial score (nSPS) is 15.3. The van der Waals surface area contributed by atoms with Gasteiger partial charge in [-0.2, -0.15) is 0 Å². The highest BCUT2D eigenvalue weighted by molar-refractivity contribution is 5.59. The molecule has 0 spiro atoms. The van der Waals surface area contributed by atoms with Gasteiger partial charge in [0.05, 0.1) is 5.76 Å². The van der Waals surface area contributed by atoms with Crippen molar-refractivity contribution in [2.75, 3.05) is 0 Å². The van der Waals surface area contributed by atoms with Crippen LogP contribution in [0.4, 0.5) is 0 Å². The van der Waals surface area contributed by atoms with Gasteiger partial charge in [-0.3, -0.25) is 0 Å². The number of aliphatic hydroxyl groups excluding tert-OH is 1. The van der Waals surface area contributed by atoms with E-state index in [1.807, 2.05) is 39.0 Å². The van der Waals surface area contributed by atoms with Crippen molar-refractivity contribution in [3.05, 3.63) is 35.1 Å². The second kappa shape index (κ2) is 3.85. The van der Waals surface area contributed by atoms with Crippen LogP contribution in [0.3, 0.4) is 0 Å². The Balaban J connectivity index is 2.27. The molecule has 2 heteroatoms. The highest BCUT2D eigenvalue weighted by atomic mass is 16.5. The molecule has 0 fully saturated rings. The maximum absolute atomic E-state index is 9.44. The molecule has 0 saturated carbocycles. The SMILES string of the molecule is CC(C)(C)Oc1ccc2c(c1)CCC(O)=C2. The molecule has 0 atom stereocenters. The van der Waals surface area contributed by atoms with Gasteiger partial charge in [0.15, 0.2) is 0 Å². The Kier molecular flexibility index (Phi) is 2.66. The maximum Gasteiger partial charge on any atom is 0.120 e. The van der Waals surface area contributed by atoms with E-state index in [9.17, 15) is 5.11 Å². The van der Waals surface area contributed by atoms with Gasteiger partial charge in [-0.05, 0) is 56.5 Å². The lowest BCUT2D eigenvalue weighted by molar-refractivity contribution is 0.131. The first-order valence-corrected chi connectivity index (χ1v) is 5.65. The number of aliphatic hydroxyl groups is 1. The predicted molar refractivity (Wildman–Crippen MR) is 65.7 cm³/mol. The highest BCUT2D eigenvalue weighted by Crippen LogP contribution is 2.27. The van der Waals surface area contributed by atoms with Crippen LogP contribution in [0.15, 0.2) is 24.0 Å². The topological polar surface area (TPSA) is 29.5 Å². The first-order chi connectivity index (χ1) is 7.44. The van der Waals surface area contributed by atoms with Gasteiger partial charge in [-0.15, -0.1) is 0 Å². The van der Waals surface area contributed by atoms with Crippen molar-refractivity contribution < 1.29 is 9.84 Å². The fourth-order valence-corrected chi connectivity index (χ4v) is 1.87. The number of fused-ring (bicyclic) bond motifs is 1. The lowest BCUT2D eigenvalue weighted by atomic mass is 9.96. The average molecular weight is 218 g/mol. The molecule has 86 valence electrons. The average Bonchev–Trinajstić information content (AvgIpc) is 2.16. The lowest BCUT2D eigenvalue weighted by Crippen LogP contribution is -2.23. The van der Waals surface area contributed by atoms with Gasteiger partial charge in [-0.25, -0.2) is 0 Å². The number of rotatable bonds is 1. The minimum absolute atomic E-state index is 0.166. The fourth-order valence-electron chi connectivity index (χ4n) is 1.87.